The fourth-order valence-electron chi connectivity index (χ4n) is 6.86. The highest BCUT2D eigenvalue weighted by molar-refractivity contribution is 5.89. The quantitative estimate of drug-likeness (QED) is 0.0415. The van der Waals surface area contributed by atoms with Crippen LogP contribution in [0.15, 0.2) is 49.0 Å². The van der Waals surface area contributed by atoms with Gasteiger partial charge in [-0.15, -0.1) is 13.2 Å². The van der Waals surface area contributed by atoms with Crippen LogP contribution in [0, 0.1) is 23.7 Å². The summed E-state index contributed by atoms with van der Waals surface area (Å²) in [5.74, 6) is -4.91. The molecule has 2 saturated heterocycles. The highest BCUT2D eigenvalue weighted by atomic mass is 16.8. The first-order chi connectivity index (χ1) is 26.3. The molecule has 4 rings (SSSR count). The van der Waals surface area contributed by atoms with Gasteiger partial charge in [0.25, 0.3) is 0 Å². The first-order valence-electron chi connectivity index (χ1n) is 17.5. The molecule has 4 aliphatic heterocycles. The van der Waals surface area contributed by atoms with Gasteiger partial charge in [-0.05, 0) is 6.42 Å². The van der Waals surface area contributed by atoms with Gasteiger partial charge in [-0.1, -0.05) is 12.2 Å². The van der Waals surface area contributed by atoms with Gasteiger partial charge in [0.2, 0.25) is 12.6 Å². The van der Waals surface area contributed by atoms with Crippen molar-refractivity contribution in [3.8, 4) is 0 Å². The van der Waals surface area contributed by atoms with Gasteiger partial charge in [0.15, 0.2) is 18.9 Å². The van der Waals surface area contributed by atoms with Crippen LogP contribution in [0.2, 0.25) is 0 Å². The highest BCUT2D eigenvalue weighted by Gasteiger charge is 2.49. The second-order valence-corrected chi connectivity index (χ2v) is 13.2. The second kappa shape index (κ2) is 20.4. The number of hydrogen-bond donors (Lipinski definition) is 8. The summed E-state index contributed by atoms with van der Waals surface area (Å²) in [5, 5.41) is 81.0. The van der Waals surface area contributed by atoms with Crippen molar-refractivity contribution in [2.24, 2.45) is 23.7 Å². The maximum absolute atomic E-state index is 13.7. The molecule has 55 heavy (non-hydrogen) atoms. The predicted octanol–water partition coefficient (Wildman–Crippen LogP) is -2.95. The van der Waals surface area contributed by atoms with Gasteiger partial charge < -0.3 is 88.2 Å². The summed E-state index contributed by atoms with van der Waals surface area (Å²) in [6.07, 6.45) is -14.1. The Morgan fingerprint density at radius 3 is 1.56 bits per heavy atom. The first kappa shape index (κ1) is 44.7. The van der Waals surface area contributed by atoms with E-state index >= 15 is 0 Å². The first-order valence-corrected chi connectivity index (χ1v) is 17.5. The molecule has 0 saturated carbocycles. The monoisotopic (exact) mass is 792 g/mol. The lowest BCUT2D eigenvalue weighted by molar-refractivity contribution is -0.339. The number of hydrogen-bond acceptors (Lipinski definition) is 20. The van der Waals surface area contributed by atoms with Gasteiger partial charge >= 0.3 is 11.9 Å². The van der Waals surface area contributed by atoms with E-state index in [1.807, 2.05) is 0 Å². The predicted molar refractivity (Wildman–Crippen MR) is 180 cm³/mol. The molecule has 20 nitrogen and oxygen atoms in total. The van der Waals surface area contributed by atoms with E-state index in [9.17, 15) is 50.4 Å². The Labute approximate surface area is 316 Å². The van der Waals surface area contributed by atoms with Crippen LogP contribution in [-0.4, -0.2) is 174 Å². The minimum absolute atomic E-state index is 0.0115. The molecule has 0 aliphatic carbocycles. The lowest BCUT2D eigenvalue weighted by atomic mass is 9.81. The number of methoxy groups -OCH3 is 3. The van der Waals surface area contributed by atoms with Crippen LogP contribution in [0.3, 0.4) is 0 Å². The molecule has 0 aromatic heterocycles. The van der Waals surface area contributed by atoms with E-state index in [2.05, 4.69) is 13.2 Å². The normalized spacial score (nSPS) is 39.2. The molecule has 16 atom stereocenters. The van der Waals surface area contributed by atoms with E-state index in [0.717, 1.165) is 19.6 Å². The van der Waals surface area contributed by atoms with Crippen molar-refractivity contribution < 1.29 is 97.8 Å². The van der Waals surface area contributed by atoms with E-state index in [-0.39, 0.29) is 30.6 Å². The molecular formula is C35H52O20. The van der Waals surface area contributed by atoms with Crippen LogP contribution < -0.4 is 0 Å². The average molecular weight is 793 g/mol. The van der Waals surface area contributed by atoms with Crippen molar-refractivity contribution >= 4 is 11.9 Å². The summed E-state index contributed by atoms with van der Waals surface area (Å²) < 4.78 is 55.4. The van der Waals surface area contributed by atoms with Crippen LogP contribution in [0.5, 0.6) is 0 Å². The topological polar surface area (TPSA) is 288 Å². The van der Waals surface area contributed by atoms with Crippen LogP contribution >= 0.6 is 0 Å². The summed E-state index contributed by atoms with van der Waals surface area (Å²) >= 11 is 0. The largest absolute Gasteiger partial charge is 0.471 e. The summed E-state index contributed by atoms with van der Waals surface area (Å²) in [6, 6.07) is 0. The third-order valence-electron chi connectivity index (χ3n) is 10.1. The third kappa shape index (κ3) is 9.91. The molecule has 0 spiro atoms. The van der Waals surface area contributed by atoms with Gasteiger partial charge in [0.05, 0.1) is 50.6 Å². The van der Waals surface area contributed by atoms with Crippen LogP contribution in [0.4, 0.5) is 0 Å². The van der Waals surface area contributed by atoms with Crippen molar-refractivity contribution in [2.75, 3.05) is 41.2 Å². The van der Waals surface area contributed by atoms with Crippen molar-refractivity contribution in [1.29, 1.82) is 0 Å². The zero-order valence-electron chi connectivity index (χ0n) is 30.6. The lowest BCUT2D eigenvalue weighted by Gasteiger charge is -2.43. The Bertz CT molecular complexity index is 1350. The van der Waals surface area contributed by atoms with E-state index in [1.165, 1.54) is 26.4 Å². The molecule has 2 fully saturated rings. The van der Waals surface area contributed by atoms with Gasteiger partial charge in [-0.25, -0.2) is 9.59 Å². The van der Waals surface area contributed by atoms with Crippen LogP contribution in [0.1, 0.15) is 12.8 Å². The van der Waals surface area contributed by atoms with Crippen molar-refractivity contribution in [1.82, 2.24) is 0 Å². The fourth-order valence-corrected chi connectivity index (χ4v) is 6.86. The third-order valence-corrected chi connectivity index (χ3v) is 10.1. The van der Waals surface area contributed by atoms with E-state index in [4.69, 9.17) is 47.4 Å². The van der Waals surface area contributed by atoms with Gasteiger partial charge in [-0.2, -0.15) is 0 Å². The average Bonchev–Trinajstić information content (AvgIpc) is 3.19. The van der Waals surface area contributed by atoms with Gasteiger partial charge in [0.1, 0.15) is 48.8 Å². The number of esters is 2. The number of carbonyl (C=O) groups excluding carboxylic acids is 2. The van der Waals surface area contributed by atoms with Gasteiger partial charge in [0, 0.05) is 44.3 Å². The zero-order valence-corrected chi connectivity index (χ0v) is 30.6. The number of aliphatic hydroxyl groups is 8. The minimum atomic E-state index is -1.74. The molecule has 0 unspecified atom stereocenters. The molecule has 0 bridgehead atoms. The maximum Gasteiger partial charge on any atom is 0.337 e. The second-order valence-electron chi connectivity index (χ2n) is 13.2. The molecule has 312 valence electrons. The summed E-state index contributed by atoms with van der Waals surface area (Å²) in [7, 11) is 3.95. The minimum Gasteiger partial charge on any atom is -0.471 e. The Hall–Kier alpha value is -3.06. The SMILES string of the molecule is C=C[C@@H]1[C@@H](O[C@@H]2O[C@H](CO)[C@@H](O)[C@H](O)[C@H]2O)OC=C(C(=O)OC)[C@@H]1CCOC(=O)C1=CO[C@H](O[C@@H]2O[C@H](CO)[C@@H](O)[C@H](O)[C@H]2O)[C@@H](C=C)[C@H]1CC(OC)OC. The van der Waals surface area contributed by atoms with E-state index in [1.54, 1.807) is 0 Å². The molecule has 0 radical (unpaired) electrons. The molecular weight excluding hydrogens is 740 g/mol. The number of aliphatic hydroxyl groups excluding tert-OH is 8. The van der Waals surface area contributed by atoms with Crippen LogP contribution in [0.25, 0.3) is 0 Å². The molecule has 20 heteroatoms. The molecule has 0 aromatic carbocycles. The smallest absolute Gasteiger partial charge is 0.337 e. The Morgan fingerprint density at radius 1 is 0.691 bits per heavy atom. The maximum atomic E-state index is 13.7. The number of ether oxygens (including phenoxy) is 10. The Kier molecular flexibility index (Phi) is 16.6. The fraction of sp³-hybridized carbons (Fsp3) is 0.714. The molecule has 0 amide bonds. The Morgan fingerprint density at radius 2 is 1.15 bits per heavy atom. The van der Waals surface area contributed by atoms with Crippen molar-refractivity contribution in [3.63, 3.8) is 0 Å². The van der Waals surface area contributed by atoms with Gasteiger partial charge in [-0.3, -0.25) is 0 Å². The van der Waals surface area contributed by atoms with E-state index in [0.29, 0.717) is 0 Å². The van der Waals surface area contributed by atoms with Crippen LogP contribution in [-0.2, 0) is 57.0 Å². The number of carbonyl (C=O) groups is 2. The van der Waals surface area contributed by atoms with E-state index < -0.39 is 129 Å². The molecule has 4 heterocycles. The molecule has 0 aromatic rings. The standard InChI is InChI=1S/C35H52O20/c1-6-15-17(19(30(44)48-5)13-50-32(15)54-34-28(42)26(40)24(38)21(11-36)52-34)8-9-49-31(45)20-14-51-33(16(7-2)18(20)10-23(46-3)47-4)55-35-29(43)27(41)25(39)22(12-37)53-35/h6-7,13-18,21-29,32-43H,1-2,8-12H2,3-5H3/t15-,16-,17+,18+,21+,22+,24+,25+,26-,27-,28+,29+,32+,33+,34-,35-/m0/s1. The summed E-state index contributed by atoms with van der Waals surface area (Å²) in [5.41, 5.74) is 0.0515. The highest BCUT2D eigenvalue weighted by Crippen LogP contribution is 2.40. The van der Waals surface area contributed by atoms with Crippen molar-refractivity contribution in [2.45, 2.75) is 93.1 Å². The summed E-state index contributed by atoms with van der Waals surface area (Å²) in [4.78, 5) is 26.5. The summed E-state index contributed by atoms with van der Waals surface area (Å²) in [6.45, 7) is 6.00. The zero-order chi connectivity index (χ0) is 40.6. The van der Waals surface area contributed by atoms with Crippen molar-refractivity contribution in [3.05, 3.63) is 49.0 Å². The lowest BCUT2D eigenvalue weighted by Crippen LogP contribution is -2.60. The number of rotatable bonds is 17. The molecule has 4 aliphatic rings. The molecule has 8 N–H and O–H groups in total. The Balaban J connectivity index is 1.51.